The second-order valence-electron chi connectivity index (χ2n) is 5.79. The molecule has 0 aromatic carbocycles. The van der Waals surface area contributed by atoms with Crippen LogP contribution in [0.2, 0.25) is 0 Å². The first kappa shape index (κ1) is 13.5. The molecule has 2 N–H and O–H groups in total. The first-order valence-corrected chi connectivity index (χ1v) is 6.86. The molecule has 5 nitrogen and oxygen atoms in total. The molecule has 1 heterocycles. The van der Waals surface area contributed by atoms with Gasteiger partial charge in [0.15, 0.2) is 5.82 Å². The standard InChI is InChI=1S/C13H24N4O/c1-4-5-8-17(10-6-7-10)9-11-15-12(16-18-11)13(2,3)14/h10H,4-9,14H2,1-3H3. The van der Waals surface area contributed by atoms with Crippen LogP contribution in [0.4, 0.5) is 0 Å². The first-order chi connectivity index (χ1) is 8.50. The van der Waals surface area contributed by atoms with Crippen LogP contribution in [0.1, 0.15) is 58.2 Å². The molecule has 1 aliphatic carbocycles. The third kappa shape index (κ3) is 3.53. The van der Waals surface area contributed by atoms with Crippen molar-refractivity contribution < 1.29 is 4.52 Å². The molecule has 1 saturated carbocycles. The molecule has 0 radical (unpaired) electrons. The highest BCUT2D eigenvalue weighted by Gasteiger charge is 2.30. The average molecular weight is 252 g/mol. The fourth-order valence-corrected chi connectivity index (χ4v) is 1.95. The minimum Gasteiger partial charge on any atom is -0.338 e. The van der Waals surface area contributed by atoms with Gasteiger partial charge in [-0.3, -0.25) is 4.90 Å². The minimum atomic E-state index is -0.532. The molecule has 18 heavy (non-hydrogen) atoms. The lowest BCUT2D eigenvalue weighted by Gasteiger charge is -2.19. The van der Waals surface area contributed by atoms with Crippen molar-refractivity contribution in [3.8, 4) is 0 Å². The number of rotatable bonds is 7. The van der Waals surface area contributed by atoms with Crippen LogP contribution in [0.15, 0.2) is 4.52 Å². The number of hydrogen-bond donors (Lipinski definition) is 1. The van der Waals surface area contributed by atoms with Crippen LogP contribution in [0, 0.1) is 0 Å². The lowest BCUT2D eigenvalue weighted by molar-refractivity contribution is 0.214. The van der Waals surface area contributed by atoms with Gasteiger partial charge in [-0.1, -0.05) is 18.5 Å². The van der Waals surface area contributed by atoms with Crippen molar-refractivity contribution in [1.82, 2.24) is 15.0 Å². The van der Waals surface area contributed by atoms with Crippen molar-refractivity contribution in [1.29, 1.82) is 0 Å². The Balaban J connectivity index is 1.96. The summed E-state index contributed by atoms with van der Waals surface area (Å²) in [6, 6.07) is 0.720. The van der Waals surface area contributed by atoms with Gasteiger partial charge in [0.1, 0.15) is 0 Å². The molecule has 1 aliphatic rings. The zero-order chi connectivity index (χ0) is 13.2. The summed E-state index contributed by atoms with van der Waals surface area (Å²) in [6.45, 7) is 7.86. The molecule has 102 valence electrons. The molecule has 0 bridgehead atoms. The Morgan fingerprint density at radius 1 is 1.44 bits per heavy atom. The zero-order valence-corrected chi connectivity index (χ0v) is 11.6. The molecule has 1 aromatic rings. The van der Waals surface area contributed by atoms with Crippen LogP contribution >= 0.6 is 0 Å². The average Bonchev–Trinajstić information content (AvgIpc) is 3.02. The fourth-order valence-electron chi connectivity index (χ4n) is 1.95. The van der Waals surface area contributed by atoms with Crippen molar-refractivity contribution in [2.75, 3.05) is 6.54 Å². The summed E-state index contributed by atoms with van der Waals surface area (Å²) in [7, 11) is 0. The lowest BCUT2D eigenvalue weighted by atomic mass is 10.1. The summed E-state index contributed by atoms with van der Waals surface area (Å²) < 4.78 is 5.30. The summed E-state index contributed by atoms with van der Waals surface area (Å²) in [5, 5.41) is 3.96. The van der Waals surface area contributed by atoms with Crippen LogP contribution in [0.5, 0.6) is 0 Å². The molecular weight excluding hydrogens is 228 g/mol. The Hall–Kier alpha value is -0.940. The van der Waals surface area contributed by atoms with E-state index in [4.69, 9.17) is 10.3 Å². The predicted octanol–water partition coefficient (Wildman–Crippen LogP) is 2.03. The number of hydrogen-bond acceptors (Lipinski definition) is 5. The Morgan fingerprint density at radius 3 is 2.67 bits per heavy atom. The Bertz CT molecular complexity index is 379. The van der Waals surface area contributed by atoms with Gasteiger partial charge < -0.3 is 10.3 Å². The van der Waals surface area contributed by atoms with E-state index in [1.54, 1.807) is 0 Å². The number of aromatic nitrogens is 2. The first-order valence-electron chi connectivity index (χ1n) is 6.86. The van der Waals surface area contributed by atoms with Crippen molar-refractivity contribution in [2.24, 2.45) is 5.73 Å². The van der Waals surface area contributed by atoms with Gasteiger partial charge in [-0.05, 0) is 39.7 Å². The number of nitrogens with zero attached hydrogens (tertiary/aromatic N) is 3. The summed E-state index contributed by atoms with van der Waals surface area (Å²) in [4.78, 5) is 6.84. The van der Waals surface area contributed by atoms with Crippen LogP contribution < -0.4 is 5.73 Å². The molecule has 5 heteroatoms. The van der Waals surface area contributed by atoms with E-state index < -0.39 is 5.54 Å². The van der Waals surface area contributed by atoms with Crippen LogP contribution in [0.25, 0.3) is 0 Å². The van der Waals surface area contributed by atoms with Gasteiger partial charge in [-0.15, -0.1) is 0 Å². The van der Waals surface area contributed by atoms with E-state index in [0.717, 1.165) is 19.1 Å². The van der Waals surface area contributed by atoms with Crippen LogP contribution in [-0.4, -0.2) is 27.6 Å². The van der Waals surface area contributed by atoms with Crippen molar-refractivity contribution in [2.45, 2.75) is 64.6 Å². The summed E-state index contributed by atoms with van der Waals surface area (Å²) in [5.41, 5.74) is 5.42. The van der Waals surface area contributed by atoms with Gasteiger partial charge in [0.25, 0.3) is 0 Å². The number of unbranched alkanes of at least 4 members (excludes halogenated alkanes) is 1. The number of nitrogens with two attached hydrogens (primary N) is 1. The summed E-state index contributed by atoms with van der Waals surface area (Å²) in [5.74, 6) is 1.27. The third-order valence-corrected chi connectivity index (χ3v) is 3.24. The fraction of sp³-hybridized carbons (Fsp3) is 0.846. The predicted molar refractivity (Wildman–Crippen MR) is 69.9 cm³/mol. The molecule has 1 aromatic heterocycles. The SMILES string of the molecule is CCCCN(Cc1nc(C(C)(C)N)no1)C1CC1. The molecule has 0 atom stereocenters. The van der Waals surface area contributed by atoms with Gasteiger partial charge >= 0.3 is 0 Å². The zero-order valence-electron chi connectivity index (χ0n) is 11.6. The van der Waals surface area contributed by atoms with E-state index in [2.05, 4.69) is 22.0 Å². The van der Waals surface area contributed by atoms with Crippen molar-refractivity contribution >= 4 is 0 Å². The Kier molecular flexibility index (Phi) is 4.02. The molecular formula is C13H24N4O. The normalized spacial score (nSPS) is 16.5. The van der Waals surface area contributed by atoms with E-state index >= 15 is 0 Å². The molecule has 0 aliphatic heterocycles. The molecule has 0 amide bonds. The monoisotopic (exact) mass is 252 g/mol. The maximum absolute atomic E-state index is 5.95. The summed E-state index contributed by atoms with van der Waals surface area (Å²) >= 11 is 0. The van der Waals surface area contributed by atoms with Gasteiger partial charge in [0.2, 0.25) is 5.89 Å². The van der Waals surface area contributed by atoms with Crippen molar-refractivity contribution in [3.05, 3.63) is 11.7 Å². The molecule has 0 unspecified atom stereocenters. The quantitative estimate of drug-likeness (QED) is 0.804. The van der Waals surface area contributed by atoms with E-state index in [9.17, 15) is 0 Å². The summed E-state index contributed by atoms with van der Waals surface area (Å²) in [6.07, 6.45) is 5.04. The van der Waals surface area contributed by atoms with E-state index in [-0.39, 0.29) is 0 Å². The molecule has 0 spiro atoms. The van der Waals surface area contributed by atoms with Gasteiger partial charge in [0, 0.05) is 6.04 Å². The molecule has 0 saturated heterocycles. The second kappa shape index (κ2) is 5.36. The topological polar surface area (TPSA) is 68.2 Å². The molecule has 1 fully saturated rings. The van der Waals surface area contributed by atoms with E-state index in [1.807, 2.05) is 13.8 Å². The largest absolute Gasteiger partial charge is 0.338 e. The maximum atomic E-state index is 5.95. The van der Waals surface area contributed by atoms with E-state index in [0.29, 0.717) is 11.7 Å². The molecule has 2 rings (SSSR count). The van der Waals surface area contributed by atoms with E-state index in [1.165, 1.54) is 25.7 Å². The van der Waals surface area contributed by atoms with Gasteiger partial charge in [-0.2, -0.15) is 4.98 Å². The lowest BCUT2D eigenvalue weighted by Crippen LogP contribution is -2.30. The van der Waals surface area contributed by atoms with Gasteiger partial charge in [-0.25, -0.2) is 0 Å². The van der Waals surface area contributed by atoms with Gasteiger partial charge in [0.05, 0.1) is 12.1 Å². The maximum Gasteiger partial charge on any atom is 0.240 e. The Morgan fingerprint density at radius 2 is 2.17 bits per heavy atom. The second-order valence-corrected chi connectivity index (χ2v) is 5.79. The Labute approximate surface area is 109 Å². The minimum absolute atomic E-state index is 0.532. The van der Waals surface area contributed by atoms with Crippen molar-refractivity contribution in [3.63, 3.8) is 0 Å². The third-order valence-electron chi connectivity index (χ3n) is 3.24. The highest BCUT2D eigenvalue weighted by Crippen LogP contribution is 2.28. The van der Waals surface area contributed by atoms with Crippen LogP contribution in [0.3, 0.4) is 0 Å². The van der Waals surface area contributed by atoms with Crippen LogP contribution in [-0.2, 0) is 12.1 Å². The highest BCUT2D eigenvalue weighted by molar-refractivity contribution is 4.99. The highest BCUT2D eigenvalue weighted by atomic mass is 16.5. The smallest absolute Gasteiger partial charge is 0.240 e.